The van der Waals surface area contributed by atoms with Crippen LogP contribution in [0.15, 0.2) is 33.6 Å². The molecule has 0 saturated heterocycles. The van der Waals surface area contributed by atoms with Gasteiger partial charge in [0.25, 0.3) is 10.0 Å². The van der Waals surface area contributed by atoms with Gasteiger partial charge in [-0.15, -0.1) is 0 Å². The van der Waals surface area contributed by atoms with Gasteiger partial charge in [0, 0.05) is 12.1 Å². The lowest BCUT2D eigenvalue weighted by Gasteiger charge is -2.09. The number of para-hydroxylation sites is 1. The Morgan fingerprint density at radius 1 is 1.25 bits per heavy atom. The van der Waals surface area contributed by atoms with Crippen LogP contribution in [-0.2, 0) is 16.6 Å². The van der Waals surface area contributed by atoms with Crippen molar-refractivity contribution < 1.29 is 17.2 Å². The maximum Gasteiger partial charge on any atom is 0.265 e. The molecule has 108 valence electrons. The Labute approximate surface area is 116 Å². The highest BCUT2D eigenvalue weighted by atomic mass is 32.2. The second-order valence-electron chi connectivity index (χ2n) is 4.31. The van der Waals surface area contributed by atoms with Gasteiger partial charge in [0.05, 0.1) is 5.69 Å². The molecule has 3 N–H and O–H groups in total. The molecule has 0 aliphatic rings. The van der Waals surface area contributed by atoms with Crippen molar-refractivity contribution in [2.45, 2.75) is 25.3 Å². The van der Waals surface area contributed by atoms with Gasteiger partial charge in [-0.2, -0.15) is 0 Å². The van der Waals surface area contributed by atoms with E-state index in [1.165, 1.54) is 31.2 Å². The number of benzene rings is 1. The fourth-order valence-corrected chi connectivity index (χ4v) is 3.57. The van der Waals surface area contributed by atoms with Gasteiger partial charge in [0.15, 0.2) is 0 Å². The molecule has 0 unspecified atom stereocenters. The van der Waals surface area contributed by atoms with Crippen LogP contribution in [-0.4, -0.2) is 8.42 Å². The fourth-order valence-electron chi connectivity index (χ4n) is 2.04. The summed E-state index contributed by atoms with van der Waals surface area (Å²) in [6, 6.07) is 5.54. The molecular weight excluding hydrogens is 283 g/mol. The van der Waals surface area contributed by atoms with E-state index in [0.717, 1.165) is 0 Å². The lowest BCUT2D eigenvalue weighted by Crippen LogP contribution is -2.17. The maximum atomic E-state index is 13.5. The topological polar surface area (TPSA) is 85.3 Å². The summed E-state index contributed by atoms with van der Waals surface area (Å²) in [5, 5.41) is 0. The molecule has 1 aromatic carbocycles. The van der Waals surface area contributed by atoms with E-state index in [-0.39, 0.29) is 22.9 Å². The van der Waals surface area contributed by atoms with E-state index in [2.05, 4.69) is 4.72 Å². The summed E-state index contributed by atoms with van der Waals surface area (Å²) >= 11 is 0. The summed E-state index contributed by atoms with van der Waals surface area (Å²) in [5.74, 6) is 0.0222. The summed E-state index contributed by atoms with van der Waals surface area (Å²) in [4.78, 5) is -0.0271. The van der Waals surface area contributed by atoms with Gasteiger partial charge in [0.1, 0.15) is 22.2 Å². The van der Waals surface area contributed by atoms with Crippen LogP contribution in [0.1, 0.15) is 17.1 Å². The van der Waals surface area contributed by atoms with Crippen LogP contribution < -0.4 is 10.5 Å². The largest absolute Gasteiger partial charge is 0.465 e. The summed E-state index contributed by atoms with van der Waals surface area (Å²) in [7, 11) is -3.95. The highest BCUT2D eigenvalue weighted by molar-refractivity contribution is 7.92. The number of aryl methyl sites for hydroxylation is 2. The van der Waals surface area contributed by atoms with Crippen LogP contribution in [0.25, 0.3) is 0 Å². The number of sulfonamides is 1. The molecule has 0 aliphatic heterocycles. The Bertz CT molecular complexity index is 738. The van der Waals surface area contributed by atoms with Crippen LogP contribution in [0.2, 0.25) is 0 Å². The lowest BCUT2D eigenvalue weighted by molar-refractivity contribution is 0.494. The Morgan fingerprint density at radius 2 is 1.90 bits per heavy atom. The van der Waals surface area contributed by atoms with Crippen molar-refractivity contribution >= 4 is 15.7 Å². The van der Waals surface area contributed by atoms with Crippen molar-refractivity contribution in [2.24, 2.45) is 5.73 Å². The van der Waals surface area contributed by atoms with E-state index in [1.54, 1.807) is 6.92 Å². The van der Waals surface area contributed by atoms with Crippen LogP contribution in [0.4, 0.5) is 10.1 Å². The summed E-state index contributed by atoms with van der Waals surface area (Å²) in [6.45, 7) is 3.19. The van der Waals surface area contributed by atoms with E-state index >= 15 is 0 Å². The molecule has 0 saturated carbocycles. The second-order valence-corrected chi connectivity index (χ2v) is 5.93. The molecule has 0 spiro atoms. The second kappa shape index (κ2) is 5.26. The minimum atomic E-state index is -3.95. The zero-order valence-electron chi connectivity index (χ0n) is 11.1. The number of anilines is 1. The quantitative estimate of drug-likeness (QED) is 0.907. The summed E-state index contributed by atoms with van der Waals surface area (Å²) < 4.78 is 45.8. The van der Waals surface area contributed by atoms with Gasteiger partial charge in [-0.25, -0.2) is 12.8 Å². The zero-order valence-corrected chi connectivity index (χ0v) is 11.9. The van der Waals surface area contributed by atoms with Gasteiger partial charge in [-0.1, -0.05) is 12.1 Å². The Balaban J connectivity index is 2.49. The molecule has 1 heterocycles. The van der Waals surface area contributed by atoms with Crippen molar-refractivity contribution in [3.8, 4) is 0 Å². The average molecular weight is 298 g/mol. The first-order valence-electron chi connectivity index (χ1n) is 5.93. The van der Waals surface area contributed by atoms with Crippen LogP contribution in [0, 0.1) is 19.7 Å². The molecule has 2 aromatic rings. The first-order valence-corrected chi connectivity index (χ1v) is 7.41. The Hall–Kier alpha value is -1.86. The third-order valence-electron chi connectivity index (χ3n) is 2.92. The van der Waals surface area contributed by atoms with Gasteiger partial charge in [-0.05, 0) is 26.0 Å². The van der Waals surface area contributed by atoms with Crippen LogP contribution in [0.5, 0.6) is 0 Å². The highest BCUT2D eigenvalue weighted by Crippen LogP contribution is 2.28. The third kappa shape index (κ3) is 2.54. The summed E-state index contributed by atoms with van der Waals surface area (Å²) in [6.07, 6.45) is 0. The third-order valence-corrected chi connectivity index (χ3v) is 4.48. The number of hydrogen-bond acceptors (Lipinski definition) is 4. The molecular formula is C13H15FN2O3S. The van der Waals surface area contributed by atoms with Crippen LogP contribution in [0.3, 0.4) is 0 Å². The predicted octanol–water partition coefficient (Wildman–Crippen LogP) is 2.30. The van der Waals surface area contributed by atoms with Crippen molar-refractivity contribution in [1.82, 2.24) is 0 Å². The van der Waals surface area contributed by atoms with Crippen molar-refractivity contribution in [1.29, 1.82) is 0 Å². The molecule has 20 heavy (non-hydrogen) atoms. The maximum absolute atomic E-state index is 13.5. The number of rotatable bonds is 4. The molecule has 5 nitrogen and oxygen atoms in total. The van der Waals surface area contributed by atoms with E-state index in [9.17, 15) is 12.8 Å². The molecule has 0 aliphatic carbocycles. The number of nitrogens with two attached hydrogens (primary N) is 1. The van der Waals surface area contributed by atoms with Gasteiger partial charge in [-0.3, -0.25) is 4.72 Å². The first-order chi connectivity index (χ1) is 9.36. The van der Waals surface area contributed by atoms with E-state index in [0.29, 0.717) is 11.3 Å². The highest BCUT2D eigenvalue weighted by Gasteiger charge is 2.26. The normalized spacial score (nSPS) is 11.6. The van der Waals surface area contributed by atoms with Gasteiger partial charge in [0.2, 0.25) is 0 Å². The smallest absolute Gasteiger partial charge is 0.265 e. The minimum absolute atomic E-state index is 0.0245. The van der Waals surface area contributed by atoms with Crippen molar-refractivity contribution in [3.63, 3.8) is 0 Å². The predicted molar refractivity (Wildman–Crippen MR) is 73.3 cm³/mol. The number of halogens is 1. The number of nitrogens with one attached hydrogen (secondary N) is 1. The summed E-state index contributed by atoms with van der Waals surface area (Å²) in [5.41, 5.74) is 5.84. The van der Waals surface area contributed by atoms with E-state index in [4.69, 9.17) is 10.2 Å². The molecule has 1 aromatic heterocycles. The molecule has 0 atom stereocenters. The standard InChI is InChI=1S/C13H15FN2O3S/c1-8-10(7-15)13(9(2)19-8)20(17,18)16-12-6-4-3-5-11(12)14/h3-6,16H,7,15H2,1-2H3. The van der Waals surface area contributed by atoms with Gasteiger partial charge < -0.3 is 10.2 Å². The van der Waals surface area contributed by atoms with Crippen molar-refractivity contribution in [2.75, 3.05) is 4.72 Å². The van der Waals surface area contributed by atoms with E-state index < -0.39 is 15.8 Å². The molecule has 0 radical (unpaired) electrons. The average Bonchev–Trinajstić information content (AvgIpc) is 2.67. The lowest BCUT2D eigenvalue weighted by atomic mass is 10.2. The number of hydrogen-bond donors (Lipinski definition) is 2. The van der Waals surface area contributed by atoms with E-state index in [1.807, 2.05) is 0 Å². The number of furan rings is 1. The van der Waals surface area contributed by atoms with Crippen LogP contribution >= 0.6 is 0 Å². The Morgan fingerprint density at radius 3 is 2.50 bits per heavy atom. The molecule has 2 rings (SSSR count). The zero-order chi connectivity index (χ0) is 14.9. The van der Waals surface area contributed by atoms with Gasteiger partial charge >= 0.3 is 0 Å². The SMILES string of the molecule is Cc1oc(C)c(S(=O)(=O)Nc2ccccc2F)c1CN. The Kier molecular flexibility index (Phi) is 3.82. The fraction of sp³-hybridized carbons (Fsp3) is 0.231. The molecule has 0 amide bonds. The molecule has 0 fully saturated rings. The molecule has 0 bridgehead atoms. The minimum Gasteiger partial charge on any atom is -0.465 e. The van der Waals surface area contributed by atoms with Crippen molar-refractivity contribution in [3.05, 3.63) is 47.2 Å². The monoisotopic (exact) mass is 298 g/mol. The first kappa shape index (κ1) is 14.5. The molecule has 7 heteroatoms.